The molecule has 0 aliphatic carbocycles. The molecule has 2 rings (SSSR count). The van der Waals surface area contributed by atoms with Gasteiger partial charge in [-0.15, -0.1) is 0 Å². The fourth-order valence-electron chi connectivity index (χ4n) is 3.37. The molecule has 1 atom stereocenters. The van der Waals surface area contributed by atoms with E-state index in [-0.39, 0.29) is 44.3 Å². The zero-order valence-electron chi connectivity index (χ0n) is 22.4. The maximum Gasteiger partial charge on any atom is 0.242 e. The van der Waals surface area contributed by atoms with Crippen LogP contribution in [0, 0.1) is 0 Å². The number of benzene rings is 1. The van der Waals surface area contributed by atoms with Gasteiger partial charge in [-0.25, -0.2) is 18.1 Å². The number of amides is 2. The fourth-order valence-corrected chi connectivity index (χ4v) is 6.93. The van der Waals surface area contributed by atoms with E-state index in [0.717, 1.165) is 10.6 Å². The molecule has 0 fully saturated rings. The van der Waals surface area contributed by atoms with Gasteiger partial charge in [0.1, 0.15) is 5.03 Å². The van der Waals surface area contributed by atoms with Crippen LogP contribution in [-0.2, 0) is 30.8 Å². The van der Waals surface area contributed by atoms with Gasteiger partial charge in [-0.3, -0.25) is 14.4 Å². The Kier molecular flexibility index (Phi) is 14.5. The molecule has 0 aliphatic heterocycles. The van der Waals surface area contributed by atoms with Crippen LogP contribution in [0.2, 0.25) is 0 Å². The van der Waals surface area contributed by atoms with Gasteiger partial charge in [0, 0.05) is 51.1 Å². The van der Waals surface area contributed by atoms with Crippen LogP contribution in [0.1, 0.15) is 35.7 Å². The lowest BCUT2D eigenvalue weighted by Gasteiger charge is -2.24. The molecule has 2 N–H and O–H groups in total. The highest BCUT2D eigenvalue weighted by Gasteiger charge is 2.34. The Morgan fingerprint density at radius 3 is 2.49 bits per heavy atom. The number of ether oxygens (including phenoxy) is 1. The van der Waals surface area contributed by atoms with Crippen LogP contribution in [0.25, 0.3) is 0 Å². The van der Waals surface area contributed by atoms with Gasteiger partial charge in [-0.1, -0.05) is 41.1 Å². The normalized spacial score (nSPS) is 12.1. The molecular formula is C26H36N4O6S3. The van der Waals surface area contributed by atoms with E-state index in [1.807, 2.05) is 30.3 Å². The molecule has 1 heterocycles. The molecule has 0 aliphatic rings. The summed E-state index contributed by atoms with van der Waals surface area (Å²) in [6, 6.07) is 12.7. The van der Waals surface area contributed by atoms with Crippen molar-refractivity contribution in [2.45, 2.75) is 36.5 Å². The lowest BCUT2D eigenvalue weighted by atomic mass is 10.1. The molecular weight excluding hydrogens is 561 g/mol. The first kappa shape index (κ1) is 32.8. The monoisotopic (exact) mass is 596 g/mol. The van der Waals surface area contributed by atoms with Gasteiger partial charge in [0.05, 0.1) is 13.2 Å². The predicted octanol–water partition coefficient (Wildman–Crippen LogP) is 2.56. The van der Waals surface area contributed by atoms with E-state index in [1.165, 1.54) is 40.5 Å². The molecule has 214 valence electrons. The van der Waals surface area contributed by atoms with E-state index in [9.17, 15) is 22.8 Å². The summed E-state index contributed by atoms with van der Waals surface area (Å²) in [7, 11) is 1.98. The maximum atomic E-state index is 13.3. The minimum atomic E-state index is -3.99. The summed E-state index contributed by atoms with van der Waals surface area (Å²) in [5, 5.41) is 2.01. The quantitative estimate of drug-likeness (QED) is 0.151. The number of nitrogens with one attached hydrogen (secondary N) is 2. The molecule has 0 saturated heterocycles. The molecule has 0 radical (unpaired) electrons. The average Bonchev–Trinajstić information content (AvgIpc) is 2.93. The second kappa shape index (κ2) is 17.3. The Morgan fingerprint density at radius 2 is 1.85 bits per heavy atom. The van der Waals surface area contributed by atoms with Crippen LogP contribution >= 0.6 is 21.6 Å². The molecule has 0 saturated carbocycles. The number of carbonyl (C=O) groups is 3. The number of Topliss-reactive ketones (excluding diaryl/α,β-unsaturated/α-hetero) is 1. The van der Waals surface area contributed by atoms with E-state index in [4.69, 9.17) is 4.74 Å². The SMILES string of the molecule is CNC(=O)CCOCCNS(=O)(=O)C(CCSSc1ccccn1)C(=O)N(C)CCc1ccc(C(C)=O)cc1. The van der Waals surface area contributed by atoms with Crippen molar-refractivity contribution in [1.29, 1.82) is 0 Å². The van der Waals surface area contributed by atoms with Crippen molar-refractivity contribution in [3.8, 4) is 0 Å². The number of nitrogens with zero attached hydrogens (tertiary/aromatic N) is 2. The van der Waals surface area contributed by atoms with Crippen molar-refractivity contribution in [2.24, 2.45) is 0 Å². The van der Waals surface area contributed by atoms with Crippen molar-refractivity contribution in [1.82, 2.24) is 19.9 Å². The third-order valence-electron chi connectivity index (χ3n) is 5.67. The van der Waals surface area contributed by atoms with Crippen LogP contribution in [0.15, 0.2) is 53.7 Å². The number of hydrogen-bond donors (Lipinski definition) is 2. The zero-order valence-corrected chi connectivity index (χ0v) is 24.9. The minimum Gasteiger partial charge on any atom is -0.380 e. The number of aromatic nitrogens is 1. The van der Waals surface area contributed by atoms with Crippen molar-refractivity contribution in [3.63, 3.8) is 0 Å². The molecule has 39 heavy (non-hydrogen) atoms. The lowest BCUT2D eigenvalue weighted by molar-refractivity contribution is -0.129. The summed E-state index contributed by atoms with van der Waals surface area (Å²) < 4.78 is 34.1. The zero-order chi connectivity index (χ0) is 28.7. The second-order valence-corrected chi connectivity index (χ2v) is 13.0. The van der Waals surface area contributed by atoms with Gasteiger partial charge in [0.2, 0.25) is 21.8 Å². The summed E-state index contributed by atoms with van der Waals surface area (Å²) >= 11 is 0. The molecule has 0 bridgehead atoms. The van der Waals surface area contributed by atoms with Gasteiger partial charge in [0.25, 0.3) is 0 Å². The van der Waals surface area contributed by atoms with E-state index < -0.39 is 21.2 Å². The predicted molar refractivity (Wildman–Crippen MR) is 155 cm³/mol. The summed E-state index contributed by atoms with van der Waals surface area (Å²) in [6.45, 7) is 2.06. The smallest absolute Gasteiger partial charge is 0.242 e. The summed E-state index contributed by atoms with van der Waals surface area (Å²) in [5.41, 5.74) is 1.55. The number of pyridine rings is 1. The highest BCUT2D eigenvalue weighted by molar-refractivity contribution is 8.76. The molecule has 2 amide bonds. The first-order valence-corrected chi connectivity index (χ1v) is 16.3. The Bertz CT molecular complexity index is 1160. The molecule has 0 spiro atoms. The summed E-state index contributed by atoms with van der Waals surface area (Å²) in [6.07, 6.45) is 2.50. The van der Waals surface area contributed by atoms with Crippen LogP contribution in [0.3, 0.4) is 0 Å². The van der Waals surface area contributed by atoms with Gasteiger partial charge < -0.3 is 15.0 Å². The maximum absolute atomic E-state index is 13.3. The molecule has 1 unspecified atom stereocenters. The average molecular weight is 597 g/mol. The number of rotatable bonds is 18. The number of carbonyl (C=O) groups excluding carboxylic acids is 3. The second-order valence-electron chi connectivity index (χ2n) is 8.59. The molecule has 2 aromatic rings. The van der Waals surface area contributed by atoms with E-state index >= 15 is 0 Å². The topological polar surface area (TPSA) is 135 Å². The van der Waals surface area contributed by atoms with Crippen molar-refractivity contribution >= 4 is 49.2 Å². The largest absolute Gasteiger partial charge is 0.380 e. The van der Waals surface area contributed by atoms with Crippen molar-refractivity contribution in [3.05, 3.63) is 59.8 Å². The first-order valence-electron chi connectivity index (χ1n) is 12.5. The first-order chi connectivity index (χ1) is 18.6. The Labute approximate surface area is 238 Å². The fraction of sp³-hybridized carbons (Fsp3) is 0.462. The Hall–Kier alpha value is -2.45. The number of ketones is 1. The Morgan fingerprint density at radius 1 is 1.10 bits per heavy atom. The van der Waals surface area contributed by atoms with Gasteiger partial charge >= 0.3 is 0 Å². The van der Waals surface area contributed by atoms with Gasteiger partial charge in [-0.2, -0.15) is 0 Å². The van der Waals surface area contributed by atoms with Crippen LogP contribution in [0.5, 0.6) is 0 Å². The summed E-state index contributed by atoms with van der Waals surface area (Å²) in [4.78, 5) is 41.7. The van der Waals surface area contributed by atoms with Gasteiger partial charge in [-0.05, 0) is 48.3 Å². The van der Waals surface area contributed by atoms with Crippen molar-refractivity contribution in [2.75, 3.05) is 46.2 Å². The van der Waals surface area contributed by atoms with Crippen LogP contribution < -0.4 is 10.0 Å². The van der Waals surface area contributed by atoms with E-state index in [0.29, 0.717) is 24.3 Å². The molecule has 1 aromatic carbocycles. The molecule has 13 heteroatoms. The van der Waals surface area contributed by atoms with E-state index in [2.05, 4.69) is 15.0 Å². The highest BCUT2D eigenvalue weighted by atomic mass is 33.1. The standard InChI is InChI=1S/C26H36N4O6S3/c1-20(31)22-9-7-21(8-10-22)11-16-30(3)26(33)23(13-19-37-38-25-6-4-5-14-28-25)39(34,35)29-15-18-36-17-12-24(32)27-2/h4-10,14,23,29H,11-13,15-19H2,1-3H3,(H,27,32). The number of sulfonamides is 1. The third-order valence-corrected chi connectivity index (χ3v) is 9.76. The van der Waals surface area contributed by atoms with Crippen LogP contribution in [0.4, 0.5) is 0 Å². The van der Waals surface area contributed by atoms with Crippen LogP contribution in [-0.4, -0.2) is 87.3 Å². The van der Waals surface area contributed by atoms with E-state index in [1.54, 1.807) is 25.4 Å². The van der Waals surface area contributed by atoms with Crippen molar-refractivity contribution < 1.29 is 27.5 Å². The highest BCUT2D eigenvalue weighted by Crippen LogP contribution is 2.30. The number of hydrogen-bond acceptors (Lipinski definition) is 9. The number of likely N-dealkylation sites (N-methyl/N-ethyl adjacent to an activating group) is 1. The lowest BCUT2D eigenvalue weighted by Crippen LogP contribution is -2.47. The molecule has 1 aromatic heterocycles. The van der Waals surface area contributed by atoms with Gasteiger partial charge in [0.15, 0.2) is 11.0 Å². The Balaban J connectivity index is 1.97. The third kappa shape index (κ3) is 12.1. The molecule has 10 nitrogen and oxygen atoms in total. The summed E-state index contributed by atoms with van der Waals surface area (Å²) in [5.74, 6) is -0.265. The minimum absolute atomic E-state index is 0.0120.